The molecule has 46 heavy (non-hydrogen) atoms. The van der Waals surface area contributed by atoms with Crippen molar-refractivity contribution in [3.63, 3.8) is 0 Å². The molecule has 12 nitrogen and oxygen atoms in total. The Morgan fingerprint density at radius 3 is 2.07 bits per heavy atom. The first kappa shape index (κ1) is 31.7. The van der Waals surface area contributed by atoms with Crippen LogP contribution in [0.1, 0.15) is 16.7 Å². The molecule has 0 saturated carbocycles. The fraction of sp³-hybridized carbons (Fsp3) is 0.333. The molecule has 6 rings (SSSR count). The first-order valence-electron chi connectivity index (χ1n) is 14.7. The van der Waals surface area contributed by atoms with Crippen LogP contribution in [0, 0.1) is 0 Å². The number of hydrogen-bond acceptors (Lipinski definition) is 9. The second-order valence-electron chi connectivity index (χ2n) is 11.1. The molecular weight excluding hydrogens is 612 g/mol. The van der Waals surface area contributed by atoms with E-state index in [0.717, 1.165) is 16.7 Å². The molecule has 13 heteroatoms. The second-order valence-corrected chi connectivity index (χ2v) is 11.9. The average Bonchev–Trinajstić information content (AvgIpc) is 3.62. The van der Waals surface area contributed by atoms with E-state index in [0.29, 0.717) is 11.5 Å². The van der Waals surface area contributed by atoms with Gasteiger partial charge in [0.1, 0.15) is 35.5 Å². The first-order chi connectivity index (χ1) is 22.3. The summed E-state index contributed by atoms with van der Waals surface area (Å²) in [6.07, 6.45) is 1.13. The first-order valence-corrected chi connectivity index (χ1v) is 15.7. The summed E-state index contributed by atoms with van der Waals surface area (Å²) in [5.74, 6) is 1.40. The van der Waals surface area contributed by atoms with E-state index in [9.17, 15) is 9.00 Å². The van der Waals surface area contributed by atoms with Gasteiger partial charge >= 0.3 is 17.4 Å². The Labute approximate surface area is 270 Å². The fourth-order valence-electron chi connectivity index (χ4n) is 5.75. The van der Waals surface area contributed by atoms with E-state index < -0.39 is 53.7 Å². The lowest BCUT2D eigenvalue weighted by Crippen LogP contribution is -2.52. The molecule has 2 amide bonds. The van der Waals surface area contributed by atoms with E-state index in [1.165, 1.54) is 4.90 Å². The lowest BCUT2D eigenvalue weighted by atomic mass is 9.80. The van der Waals surface area contributed by atoms with E-state index >= 15 is 0 Å². The van der Waals surface area contributed by atoms with Gasteiger partial charge in [-0.2, -0.15) is 4.21 Å². The molecule has 242 valence electrons. The average molecular weight is 649 g/mol. The third-order valence-corrected chi connectivity index (χ3v) is 8.73. The molecule has 0 aliphatic carbocycles. The van der Waals surface area contributed by atoms with Crippen LogP contribution in [0.4, 0.5) is 4.79 Å². The van der Waals surface area contributed by atoms with Crippen molar-refractivity contribution < 1.29 is 36.3 Å². The van der Waals surface area contributed by atoms with Gasteiger partial charge in [-0.05, 0) is 47.0 Å². The van der Waals surface area contributed by atoms with Gasteiger partial charge in [0.05, 0.1) is 27.2 Å². The third kappa shape index (κ3) is 6.24. The van der Waals surface area contributed by atoms with Gasteiger partial charge in [0.2, 0.25) is 0 Å². The topological polar surface area (TPSA) is 120 Å². The lowest BCUT2D eigenvalue weighted by molar-refractivity contribution is -0.101. The minimum absolute atomic E-state index is 0.000105. The summed E-state index contributed by atoms with van der Waals surface area (Å²) in [4.78, 5) is 20.6. The standard InChI is InChI=1S/C33H36N4O8S/c1-36(2)21-34-28-18-19-37(32(38)35-28)31-30-29(44-46(39)45-30)27(43-31)20-42-33(22-8-6-5-7-9-22,23-10-14-25(40-3)15-11-23)24-12-16-26(41-4)17-13-24/h5-19,21,27-31H,20H2,1-4H3,(H,35,38)/b34-21-/t27-,28?,29-,30-,31-,46?/m1/s1. The Morgan fingerprint density at radius 2 is 1.50 bits per heavy atom. The van der Waals surface area contributed by atoms with E-state index in [4.69, 9.17) is 27.3 Å². The summed E-state index contributed by atoms with van der Waals surface area (Å²) in [5, 5.41) is 2.82. The summed E-state index contributed by atoms with van der Waals surface area (Å²) >= 11 is -2.02. The zero-order valence-corrected chi connectivity index (χ0v) is 26.7. The van der Waals surface area contributed by atoms with Gasteiger partial charge in [-0.25, -0.2) is 9.79 Å². The number of urea groups is 1. The minimum atomic E-state index is -2.02. The monoisotopic (exact) mass is 648 g/mol. The molecule has 3 heterocycles. The Kier molecular flexibility index (Phi) is 9.38. The van der Waals surface area contributed by atoms with Gasteiger partial charge in [0.15, 0.2) is 12.3 Å². The van der Waals surface area contributed by atoms with Crippen molar-refractivity contribution in [2.24, 2.45) is 4.99 Å². The largest absolute Gasteiger partial charge is 0.497 e. The number of aliphatic imine (C=N–C) groups is 1. The highest BCUT2D eigenvalue weighted by molar-refractivity contribution is 7.75. The predicted molar refractivity (Wildman–Crippen MR) is 170 cm³/mol. The van der Waals surface area contributed by atoms with Crippen LogP contribution in [-0.4, -0.2) is 92.0 Å². The maximum Gasteiger partial charge on any atom is 0.325 e. The molecule has 2 fully saturated rings. The maximum atomic E-state index is 13.2. The van der Waals surface area contributed by atoms with Crippen molar-refractivity contribution in [3.05, 3.63) is 108 Å². The summed E-state index contributed by atoms with van der Waals surface area (Å²) in [5.41, 5.74) is 1.43. The zero-order valence-electron chi connectivity index (χ0n) is 25.8. The Balaban J connectivity index is 1.34. The van der Waals surface area contributed by atoms with Crippen LogP contribution in [0.5, 0.6) is 11.5 Å². The number of amides is 2. The highest BCUT2D eigenvalue weighted by atomic mass is 32.2. The second kappa shape index (κ2) is 13.6. The van der Waals surface area contributed by atoms with Gasteiger partial charge in [-0.1, -0.05) is 54.6 Å². The SMILES string of the molecule is COc1ccc(C(OC[C@H]2O[C@@H](N3C=CC(/N=C\N(C)C)NC3=O)[C@@H]3OS(=O)O[C@@H]32)(c2ccccc2)c2ccc(OC)cc2)cc1. The number of hydrogen-bond donors (Lipinski definition) is 1. The predicted octanol–water partition coefficient (Wildman–Crippen LogP) is 3.55. The molecule has 2 unspecified atom stereocenters. The smallest absolute Gasteiger partial charge is 0.325 e. The van der Waals surface area contributed by atoms with Crippen LogP contribution in [0.25, 0.3) is 0 Å². The molecule has 3 aromatic rings. The van der Waals surface area contributed by atoms with Crippen LogP contribution in [0.3, 0.4) is 0 Å². The van der Waals surface area contributed by atoms with Gasteiger partial charge in [-0.15, -0.1) is 0 Å². The number of ether oxygens (including phenoxy) is 4. The van der Waals surface area contributed by atoms with Gasteiger partial charge < -0.3 is 29.2 Å². The van der Waals surface area contributed by atoms with Crippen molar-refractivity contribution in [2.75, 3.05) is 34.9 Å². The highest BCUT2D eigenvalue weighted by Crippen LogP contribution is 2.43. The maximum absolute atomic E-state index is 13.2. The van der Waals surface area contributed by atoms with Crippen LogP contribution in [-0.2, 0) is 34.8 Å². The number of nitrogens with one attached hydrogen (secondary N) is 1. The molecule has 0 radical (unpaired) electrons. The summed E-state index contributed by atoms with van der Waals surface area (Å²) in [6, 6.07) is 24.8. The zero-order chi connectivity index (χ0) is 32.3. The fourth-order valence-corrected chi connectivity index (χ4v) is 6.60. The number of rotatable bonds is 11. The van der Waals surface area contributed by atoms with E-state index in [1.807, 2.05) is 93.0 Å². The number of benzene rings is 3. The van der Waals surface area contributed by atoms with Gasteiger partial charge in [0, 0.05) is 20.3 Å². The van der Waals surface area contributed by atoms with E-state index in [1.54, 1.807) is 37.7 Å². The third-order valence-electron chi connectivity index (χ3n) is 7.97. The van der Waals surface area contributed by atoms with Crippen molar-refractivity contribution in [1.82, 2.24) is 15.1 Å². The van der Waals surface area contributed by atoms with Gasteiger partial charge in [0.25, 0.3) is 0 Å². The molecular formula is C33H36N4O8S. The Bertz CT molecular complexity index is 1540. The van der Waals surface area contributed by atoms with E-state index in [2.05, 4.69) is 10.3 Å². The van der Waals surface area contributed by atoms with Crippen molar-refractivity contribution in [1.29, 1.82) is 0 Å². The highest BCUT2D eigenvalue weighted by Gasteiger charge is 2.56. The quantitative estimate of drug-likeness (QED) is 0.189. The van der Waals surface area contributed by atoms with Crippen molar-refractivity contribution in [2.45, 2.75) is 36.3 Å². The summed E-state index contributed by atoms with van der Waals surface area (Å²) in [7, 11) is 6.91. The summed E-state index contributed by atoms with van der Waals surface area (Å²) in [6.45, 7) is 0.000105. The lowest BCUT2D eigenvalue weighted by Gasteiger charge is -2.37. The number of methoxy groups -OCH3 is 2. The van der Waals surface area contributed by atoms with Crippen LogP contribution >= 0.6 is 0 Å². The van der Waals surface area contributed by atoms with Crippen molar-refractivity contribution in [3.8, 4) is 11.5 Å². The van der Waals surface area contributed by atoms with Crippen LogP contribution < -0.4 is 14.8 Å². The molecule has 3 aliphatic rings. The minimum Gasteiger partial charge on any atom is -0.497 e. The molecule has 0 spiro atoms. The molecule has 3 aromatic carbocycles. The Hall–Kier alpha value is -4.27. The molecule has 0 aromatic heterocycles. The van der Waals surface area contributed by atoms with Gasteiger partial charge in [-0.3, -0.25) is 13.3 Å². The number of fused-ring (bicyclic) bond motifs is 1. The molecule has 2 saturated heterocycles. The molecule has 1 N–H and O–H groups in total. The number of carbonyl (C=O) groups excluding carboxylic acids is 1. The summed E-state index contributed by atoms with van der Waals surface area (Å²) < 4.78 is 48.1. The van der Waals surface area contributed by atoms with E-state index in [-0.39, 0.29) is 6.61 Å². The molecule has 6 atom stereocenters. The number of carbonyl (C=O) groups is 1. The van der Waals surface area contributed by atoms with Crippen molar-refractivity contribution >= 4 is 23.7 Å². The Morgan fingerprint density at radius 1 is 0.913 bits per heavy atom. The van der Waals surface area contributed by atoms with Crippen LogP contribution in [0.15, 0.2) is 96.1 Å². The molecule has 0 bridgehead atoms. The normalized spacial score (nSPS) is 25.8. The number of nitrogens with zero attached hydrogens (tertiary/aromatic N) is 3. The van der Waals surface area contributed by atoms with Crippen LogP contribution in [0.2, 0.25) is 0 Å². The molecule has 3 aliphatic heterocycles.